The second-order valence-corrected chi connectivity index (χ2v) is 4.50. The SMILES string of the molecule is C=CC/C(F)=C(\N=C)N1CCCC(OCCCF)C1. The van der Waals surface area contributed by atoms with Gasteiger partial charge in [-0.1, -0.05) is 6.08 Å². The number of piperidine rings is 1. The third-order valence-corrected chi connectivity index (χ3v) is 3.03. The van der Waals surface area contributed by atoms with E-state index in [9.17, 15) is 8.78 Å². The van der Waals surface area contributed by atoms with E-state index >= 15 is 0 Å². The summed E-state index contributed by atoms with van der Waals surface area (Å²) in [7, 11) is 0. The lowest BCUT2D eigenvalue weighted by Crippen LogP contribution is -2.39. The van der Waals surface area contributed by atoms with Crippen LogP contribution in [0.1, 0.15) is 25.7 Å². The molecule has 0 aliphatic carbocycles. The normalized spacial score (nSPS) is 20.9. The maximum Gasteiger partial charge on any atom is 0.160 e. The van der Waals surface area contributed by atoms with Crippen molar-refractivity contribution in [1.29, 1.82) is 0 Å². The van der Waals surface area contributed by atoms with Gasteiger partial charge in [-0.15, -0.1) is 6.58 Å². The van der Waals surface area contributed by atoms with Crippen molar-refractivity contribution in [2.24, 2.45) is 4.99 Å². The number of nitrogens with zero attached hydrogens (tertiary/aromatic N) is 2. The number of hydrogen-bond donors (Lipinski definition) is 0. The lowest BCUT2D eigenvalue weighted by molar-refractivity contribution is 0.00488. The van der Waals surface area contributed by atoms with Crippen molar-refractivity contribution in [1.82, 2.24) is 4.90 Å². The minimum Gasteiger partial charge on any atom is -0.376 e. The highest BCUT2D eigenvalue weighted by Gasteiger charge is 2.23. The Hall–Kier alpha value is -1.23. The Kier molecular flexibility index (Phi) is 7.33. The lowest BCUT2D eigenvalue weighted by atomic mass is 10.1. The van der Waals surface area contributed by atoms with E-state index in [0.717, 1.165) is 19.4 Å². The van der Waals surface area contributed by atoms with Crippen LogP contribution in [0.25, 0.3) is 0 Å². The van der Waals surface area contributed by atoms with Crippen molar-refractivity contribution in [3.8, 4) is 0 Å². The molecule has 1 atom stereocenters. The van der Waals surface area contributed by atoms with Gasteiger partial charge in [0.05, 0.1) is 12.8 Å². The molecular weight excluding hydrogens is 250 g/mol. The summed E-state index contributed by atoms with van der Waals surface area (Å²) in [6.45, 7) is 8.29. The highest BCUT2D eigenvalue weighted by atomic mass is 19.1. The Bertz CT molecular complexity index is 331. The van der Waals surface area contributed by atoms with Crippen LogP contribution in [0.4, 0.5) is 8.78 Å². The average molecular weight is 272 g/mol. The molecule has 0 spiro atoms. The van der Waals surface area contributed by atoms with Crippen LogP contribution in [0.5, 0.6) is 0 Å². The molecule has 0 aromatic heterocycles. The van der Waals surface area contributed by atoms with E-state index in [1.54, 1.807) is 0 Å². The Morgan fingerprint density at radius 3 is 2.95 bits per heavy atom. The molecule has 3 nitrogen and oxygen atoms in total. The van der Waals surface area contributed by atoms with Crippen LogP contribution in [-0.4, -0.2) is 44.1 Å². The van der Waals surface area contributed by atoms with E-state index in [1.165, 1.54) is 6.08 Å². The molecule has 19 heavy (non-hydrogen) atoms. The summed E-state index contributed by atoms with van der Waals surface area (Å²) in [4.78, 5) is 5.62. The summed E-state index contributed by atoms with van der Waals surface area (Å²) >= 11 is 0. The second-order valence-electron chi connectivity index (χ2n) is 4.50. The van der Waals surface area contributed by atoms with Gasteiger partial charge >= 0.3 is 0 Å². The third-order valence-electron chi connectivity index (χ3n) is 3.03. The molecule has 1 rings (SSSR count). The number of alkyl halides is 1. The predicted molar refractivity (Wildman–Crippen MR) is 73.6 cm³/mol. The van der Waals surface area contributed by atoms with E-state index < -0.39 is 0 Å². The largest absolute Gasteiger partial charge is 0.376 e. The first-order valence-electron chi connectivity index (χ1n) is 6.61. The van der Waals surface area contributed by atoms with Crippen molar-refractivity contribution < 1.29 is 13.5 Å². The van der Waals surface area contributed by atoms with Gasteiger partial charge in [0.2, 0.25) is 0 Å². The van der Waals surface area contributed by atoms with Crippen LogP contribution in [-0.2, 0) is 4.74 Å². The molecule has 5 heteroatoms. The van der Waals surface area contributed by atoms with Gasteiger partial charge in [0, 0.05) is 26.1 Å². The zero-order chi connectivity index (χ0) is 14.1. The molecule has 0 aromatic carbocycles. The van der Waals surface area contributed by atoms with Gasteiger partial charge in [0.25, 0.3) is 0 Å². The summed E-state index contributed by atoms with van der Waals surface area (Å²) in [5.41, 5.74) is 0. The Morgan fingerprint density at radius 1 is 1.53 bits per heavy atom. The monoisotopic (exact) mass is 272 g/mol. The summed E-state index contributed by atoms with van der Waals surface area (Å²) in [5, 5.41) is 0. The van der Waals surface area contributed by atoms with E-state index in [0.29, 0.717) is 19.6 Å². The van der Waals surface area contributed by atoms with Gasteiger partial charge < -0.3 is 9.64 Å². The maximum atomic E-state index is 13.8. The first-order chi connectivity index (χ1) is 9.22. The maximum absolute atomic E-state index is 13.8. The van der Waals surface area contributed by atoms with Crippen LogP contribution < -0.4 is 0 Å². The Labute approximate surface area is 113 Å². The molecule has 0 N–H and O–H groups in total. The van der Waals surface area contributed by atoms with Crippen molar-refractivity contribution in [3.05, 3.63) is 24.3 Å². The third kappa shape index (κ3) is 5.11. The van der Waals surface area contributed by atoms with Crippen molar-refractivity contribution in [2.75, 3.05) is 26.4 Å². The van der Waals surface area contributed by atoms with Crippen molar-refractivity contribution >= 4 is 6.72 Å². The molecule has 0 amide bonds. The zero-order valence-corrected chi connectivity index (χ0v) is 11.3. The number of ether oxygens (including phenoxy) is 1. The number of allylic oxidation sites excluding steroid dienone is 2. The van der Waals surface area contributed by atoms with Crippen LogP contribution in [0.2, 0.25) is 0 Å². The van der Waals surface area contributed by atoms with Crippen LogP contribution in [0.3, 0.4) is 0 Å². The first-order valence-corrected chi connectivity index (χ1v) is 6.61. The minimum atomic E-state index is -0.371. The molecule has 108 valence electrons. The predicted octanol–water partition coefficient (Wildman–Crippen LogP) is 3.24. The fourth-order valence-corrected chi connectivity index (χ4v) is 2.15. The van der Waals surface area contributed by atoms with Crippen molar-refractivity contribution in [2.45, 2.75) is 31.8 Å². The van der Waals surface area contributed by atoms with Crippen LogP contribution in [0.15, 0.2) is 29.3 Å². The first kappa shape index (κ1) is 15.8. The molecule has 1 unspecified atom stereocenters. The number of rotatable bonds is 8. The van der Waals surface area contributed by atoms with Gasteiger partial charge in [0.1, 0.15) is 5.83 Å². The fraction of sp³-hybridized carbons (Fsp3) is 0.643. The number of hydrogen-bond acceptors (Lipinski definition) is 3. The van der Waals surface area contributed by atoms with Gasteiger partial charge in [0.15, 0.2) is 5.82 Å². The van der Waals surface area contributed by atoms with E-state index in [1.807, 2.05) is 4.90 Å². The molecule has 1 aliphatic heterocycles. The zero-order valence-electron chi connectivity index (χ0n) is 11.3. The number of halogens is 2. The summed E-state index contributed by atoms with van der Waals surface area (Å²) in [6.07, 6.45) is 3.88. The molecule has 1 saturated heterocycles. The molecule has 0 radical (unpaired) electrons. The highest BCUT2D eigenvalue weighted by molar-refractivity contribution is 5.30. The fourth-order valence-electron chi connectivity index (χ4n) is 2.15. The highest BCUT2D eigenvalue weighted by Crippen LogP contribution is 2.22. The van der Waals surface area contributed by atoms with Gasteiger partial charge in [-0.2, -0.15) is 0 Å². The molecular formula is C14H22F2N2O. The van der Waals surface area contributed by atoms with Crippen molar-refractivity contribution in [3.63, 3.8) is 0 Å². The second kappa shape index (κ2) is 8.80. The van der Waals surface area contributed by atoms with E-state index in [2.05, 4.69) is 18.3 Å². The Morgan fingerprint density at radius 2 is 2.32 bits per heavy atom. The van der Waals surface area contributed by atoms with E-state index in [4.69, 9.17) is 4.74 Å². The van der Waals surface area contributed by atoms with Gasteiger partial charge in [-0.05, 0) is 26.0 Å². The van der Waals surface area contributed by atoms with Gasteiger partial charge in [-0.3, -0.25) is 4.39 Å². The summed E-state index contributed by atoms with van der Waals surface area (Å²) < 4.78 is 31.4. The quantitative estimate of drug-likeness (QED) is 0.385. The molecule has 0 aromatic rings. The molecule has 0 bridgehead atoms. The molecule has 1 aliphatic rings. The smallest absolute Gasteiger partial charge is 0.160 e. The molecule has 0 saturated carbocycles. The summed E-state index contributed by atoms with van der Waals surface area (Å²) in [6, 6.07) is 0. The van der Waals surface area contributed by atoms with Crippen LogP contribution in [0, 0.1) is 0 Å². The molecule has 1 fully saturated rings. The number of aliphatic imine (C=N–C) groups is 1. The minimum absolute atomic E-state index is 0.00795. The van der Waals surface area contributed by atoms with Crippen LogP contribution >= 0.6 is 0 Å². The van der Waals surface area contributed by atoms with Gasteiger partial charge in [-0.25, -0.2) is 9.38 Å². The Balaban J connectivity index is 2.59. The number of likely N-dealkylation sites (tertiary alicyclic amines) is 1. The lowest BCUT2D eigenvalue weighted by Gasteiger charge is -2.34. The molecule has 1 heterocycles. The standard InChI is InChI=1S/C14H22F2N2O/c1-3-6-13(16)14(17-2)18-9-4-7-12(11-18)19-10-5-8-15/h3,12H,1-2,4-11H2/b14-13-. The average Bonchev–Trinajstić information content (AvgIpc) is 2.41. The summed E-state index contributed by atoms with van der Waals surface area (Å²) in [5.74, 6) is -0.0481. The topological polar surface area (TPSA) is 24.8 Å². The van der Waals surface area contributed by atoms with E-state index in [-0.39, 0.29) is 30.8 Å².